The van der Waals surface area contributed by atoms with Gasteiger partial charge < -0.3 is 5.11 Å². The summed E-state index contributed by atoms with van der Waals surface area (Å²) >= 11 is 1.44. The minimum Gasteiger partial charge on any atom is -0.379 e. The highest BCUT2D eigenvalue weighted by atomic mass is 32.2. The Morgan fingerprint density at radius 3 is 3.11 bits per heavy atom. The summed E-state index contributed by atoms with van der Waals surface area (Å²) in [5, 5.41) is 9.40. The molecule has 0 spiro atoms. The van der Waals surface area contributed by atoms with Gasteiger partial charge >= 0.3 is 0 Å². The first-order chi connectivity index (χ1) is 4.34. The third-order valence-corrected chi connectivity index (χ3v) is 2.04. The number of aliphatic hydroxyl groups is 1. The lowest BCUT2D eigenvalue weighted by Gasteiger charge is -1.97. The third kappa shape index (κ3) is 1.53. The van der Waals surface area contributed by atoms with Crippen LogP contribution in [0.2, 0.25) is 0 Å². The minimum atomic E-state index is -0.975. The van der Waals surface area contributed by atoms with Gasteiger partial charge in [0.15, 0.2) is 12.4 Å². The molecule has 1 heterocycles. The lowest BCUT2D eigenvalue weighted by molar-refractivity contribution is -0.112. The molecular formula is C5H7NO2S. The summed E-state index contributed by atoms with van der Waals surface area (Å²) in [7, 11) is 0. The molecule has 0 bridgehead atoms. The molecule has 0 radical (unpaired) electrons. The van der Waals surface area contributed by atoms with Gasteiger partial charge in [-0.3, -0.25) is 9.79 Å². The second-order valence-corrected chi connectivity index (χ2v) is 2.76. The molecule has 1 N–H and O–H groups in total. The molecular weight excluding hydrogens is 138 g/mol. The molecule has 3 nitrogen and oxygen atoms in total. The highest BCUT2D eigenvalue weighted by molar-refractivity contribution is 8.14. The van der Waals surface area contributed by atoms with Crippen molar-refractivity contribution in [2.45, 2.75) is 6.10 Å². The van der Waals surface area contributed by atoms with Crippen LogP contribution in [0.4, 0.5) is 0 Å². The second-order valence-electron chi connectivity index (χ2n) is 1.65. The molecule has 1 atom stereocenters. The highest BCUT2D eigenvalue weighted by Gasteiger charge is 2.14. The molecule has 0 aromatic carbocycles. The number of carbonyl (C=O) groups is 1. The molecule has 0 aromatic heterocycles. The first kappa shape index (κ1) is 6.77. The summed E-state index contributed by atoms with van der Waals surface area (Å²) in [6.07, 6.45) is -0.477. The Morgan fingerprint density at radius 1 is 1.89 bits per heavy atom. The fraction of sp³-hybridized carbons (Fsp3) is 0.600. The fourth-order valence-corrected chi connectivity index (χ4v) is 1.39. The predicted octanol–water partition coefficient (Wildman–Crippen LogP) is -0.308. The maximum absolute atomic E-state index is 9.95. The Kier molecular flexibility index (Phi) is 2.24. The molecule has 1 rings (SSSR count). The molecule has 9 heavy (non-hydrogen) atoms. The van der Waals surface area contributed by atoms with Crippen LogP contribution in [0.15, 0.2) is 4.99 Å². The zero-order valence-corrected chi connectivity index (χ0v) is 5.60. The number of rotatable bonds is 2. The fourth-order valence-electron chi connectivity index (χ4n) is 0.589. The Balaban J connectivity index is 2.50. The molecule has 0 saturated heterocycles. The quantitative estimate of drug-likeness (QED) is 0.542. The SMILES string of the molecule is O=CC(O)C1=NCCS1. The van der Waals surface area contributed by atoms with Crippen molar-refractivity contribution in [3.8, 4) is 0 Å². The van der Waals surface area contributed by atoms with Crippen LogP contribution in [0, 0.1) is 0 Å². The summed E-state index contributed by atoms with van der Waals surface area (Å²) in [5.41, 5.74) is 0. The van der Waals surface area contributed by atoms with Crippen molar-refractivity contribution < 1.29 is 9.90 Å². The van der Waals surface area contributed by atoms with Crippen molar-refractivity contribution in [3.63, 3.8) is 0 Å². The first-order valence-electron chi connectivity index (χ1n) is 2.65. The molecule has 0 aliphatic carbocycles. The Morgan fingerprint density at radius 2 is 2.67 bits per heavy atom. The number of aldehydes is 1. The largest absolute Gasteiger partial charge is 0.379 e. The van der Waals surface area contributed by atoms with E-state index in [2.05, 4.69) is 4.99 Å². The molecule has 4 heteroatoms. The molecule has 0 aromatic rings. The van der Waals surface area contributed by atoms with E-state index in [0.29, 0.717) is 11.3 Å². The van der Waals surface area contributed by atoms with Crippen molar-refractivity contribution in [1.82, 2.24) is 0 Å². The van der Waals surface area contributed by atoms with Gasteiger partial charge in [-0.1, -0.05) is 0 Å². The van der Waals surface area contributed by atoms with Crippen molar-refractivity contribution in [1.29, 1.82) is 0 Å². The highest BCUT2D eigenvalue weighted by Crippen LogP contribution is 2.13. The Bertz CT molecular complexity index is 146. The van der Waals surface area contributed by atoms with E-state index in [1.807, 2.05) is 0 Å². The number of hydrogen-bond acceptors (Lipinski definition) is 4. The monoisotopic (exact) mass is 145 g/mol. The van der Waals surface area contributed by atoms with Crippen molar-refractivity contribution in [2.75, 3.05) is 12.3 Å². The van der Waals surface area contributed by atoms with Crippen LogP contribution in [-0.2, 0) is 4.79 Å². The average Bonchev–Trinajstić information content (AvgIpc) is 2.37. The molecule has 0 saturated carbocycles. The zero-order chi connectivity index (χ0) is 6.69. The summed E-state index contributed by atoms with van der Waals surface area (Å²) in [5.74, 6) is 0.889. The second kappa shape index (κ2) is 2.98. The van der Waals surface area contributed by atoms with Crippen LogP contribution in [0.1, 0.15) is 0 Å². The van der Waals surface area contributed by atoms with Crippen molar-refractivity contribution in [2.24, 2.45) is 4.99 Å². The summed E-state index contributed by atoms with van der Waals surface area (Å²) in [6.45, 7) is 0.727. The van der Waals surface area contributed by atoms with E-state index in [1.165, 1.54) is 11.8 Å². The minimum absolute atomic E-state index is 0.497. The number of hydrogen-bond donors (Lipinski definition) is 1. The number of thioether (sulfide) groups is 1. The van der Waals surface area contributed by atoms with Crippen LogP contribution in [0.5, 0.6) is 0 Å². The van der Waals surface area contributed by atoms with Gasteiger partial charge in [0.2, 0.25) is 0 Å². The van der Waals surface area contributed by atoms with E-state index in [1.54, 1.807) is 0 Å². The number of nitrogens with zero attached hydrogens (tertiary/aromatic N) is 1. The van der Waals surface area contributed by atoms with Crippen LogP contribution in [0.25, 0.3) is 0 Å². The standard InChI is InChI=1S/C5H7NO2S/c7-3-4(8)5-6-1-2-9-5/h3-4,8H,1-2H2. The van der Waals surface area contributed by atoms with Crippen molar-refractivity contribution in [3.05, 3.63) is 0 Å². The molecule has 1 unspecified atom stereocenters. The van der Waals surface area contributed by atoms with Crippen LogP contribution in [0.3, 0.4) is 0 Å². The zero-order valence-electron chi connectivity index (χ0n) is 4.78. The number of aliphatic hydroxyl groups excluding tert-OH is 1. The lowest BCUT2D eigenvalue weighted by atomic mass is 10.4. The molecule has 1 aliphatic rings. The van der Waals surface area contributed by atoms with Gasteiger partial charge in [0.05, 0.1) is 0 Å². The van der Waals surface area contributed by atoms with E-state index >= 15 is 0 Å². The third-order valence-electron chi connectivity index (χ3n) is 0.991. The number of carbonyl (C=O) groups excluding carboxylic acids is 1. The van der Waals surface area contributed by atoms with Gasteiger partial charge in [-0.15, -0.1) is 11.8 Å². The van der Waals surface area contributed by atoms with E-state index in [0.717, 1.165) is 12.3 Å². The van der Waals surface area contributed by atoms with Crippen LogP contribution in [-0.4, -0.2) is 34.8 Å². The molecule has 50 valence electrons. The average molecular weight is 145 g/mol. The molecule has 1 aliphatic heterocycles. The molecule has 0 fully saturated rings. The number of aliphatic imine (C=N–C) groups is 1. The Labute approximate surface area is 57.2 Å². The van der Waals surface area contributed by atoms with E-state index in [4.69, 9.17) is 5.11 Å². The van der Waals surface area contributed by atoms with Gasteiger partial charge in [0.25, 0.3) is 0 Å². The lowest BCUT2D eigenvalue weighted by Crippen LogP contribution is -2.16. The van der Waals surface area contributed by atoms with Gasteiger partial charge in [-0.2, -0.15) is 0 Å². The summed E-state index contributed by atoms with van der Waals surface area (Å²) < 4.78 is 0. The van der Waals surface area contributed by atoms with E-state index in [-0.39, 0.29) is 0 Å². The normalized spacial score (nSPS) is 21.2. The topological polar surface area (TPSA) is 49.7 Å². The van der Waals surface area contributed by atoms with Crippen LogP contribution < -0.4 is 0 Å². The van der Waals surface area contributed by atoms with Gasteiger partial charge in [-0.05, 0) is 0 Å². The van der Waals surface area contributed by atoms with Gasteiger partial charge in [0, 0.05) is 12.3 Å². The van der Waals surface area contributed by atoms with Gasteiger partial charge in [-0.25, -0.2) is 0 Å². The van der Waals surface area contributed by atoms with Crippen molar-refractivity contribution >= 4 is 23.1 Å². The molecule has 0 amide bonds. The smallest absolute Gasteiger partial charge is 0.157 e. The maximum Gasteiger partial charge on any atom is 0.157 e. The maximum atomic E-state index is 9.95. The predicted molar refractivity (Wildman–Crippen MR) is 36.8 cm³/mol. The summed E-state index contributed by atoms with van der Waals surface area (Å²) in [4.78, 5) is 13.9. The summed E-state index contributed by atoms with van der Waals surface area (Å²) in [6, 6.07) is 0. The van der Waals surface area contributed by atoms with E-state index in [9.17, 15) is 4.79 Å². The van der Waals surface area contributed by atoms with E-state index < -0.39 is 6.10 Å². The van der Waals surface area contributed by atoms with Crippen LogP contribution >= 0.6 is 11.8 Å². The van der Waals surface area contributed by atoms with Gasteiger partial charge in [0.1, 0.15) is 5.04 Å². The Hall–Kier alpha value is -0.350. The first-order valence-corrected chi connectivity index (χ1v) is 3.63.